The summed E-state index contributed by atoms with van der Waals surface area (Å²) in [5, 5.41) is 0. The summed E-state index contributed by atoms with van der Waals surface area (Å²) in [5.41, 5.74) is 5.61. The third-order valence-corrected chi connectivity index (χ3v) is 4.50. The molecule has 0 aromatic heterocycles. The zero-order chi connectivity index (χ0) is 12.6. The first-order valence-electron chi connectivity index (χ1n) is 5.11. The van der Waals surface area contributed by atoms with Crippen molar-refractivity contribution in [3.05, 3.63) is 29.8 Å². The molecule has 4 nitrogen and oxygen atoms in total. The van der Waals surface area contributed by atoms with E-state index >= 15 is 0 Å². The first kappa shape index (κ1) is 12.4. The smallest absolute Gasteiger partial charge is 0.243 e. The lowest BCUT2D eigenvalue weighted by Gasteiger charge is -2.15. The van der Waals surface area contributed by atoms with E-state index in [1.165, 1.54) is 0 Å². The molecule has 0 radical (unpaired) electrons. The second kappa shape index (κ2) is 4.32. The van der Waals surface area contributed by atoms with Crippen molar-refractivity contribution in [3.8, 4) is 0 Å². The molecule has 1 aliphatic rings. The molecule has 1 heterocycles. The van der Waals surface area contributed by atoms with Gasteiger partial charge >= 0.3 is 0 Å². The summed E-state index contributed by atoms with van der Waals surface area (Å²) >= 11 is 0. The van der Waals surface area contributed by atoms with Crippen LogP contribution in [0.25, 0.3) is 0 Å². The van der Waals surface area contributed by atoms with Crippen LogP contribution in [0, 0.1) is 11.6 Å². The van der Waals surface area contributed by atoms with E-state index in [9.17, 15) is 17.2 Å². The monoisotopic (exact) mass is 262 g/mol. The number of sulfonamides is 1. The molecule has 0 saturated carbocycles. The molecule has 0 aliphatic carbocycles. The summed E-state index contributed by atoms with van der Waals surface area (Å²) in [7, 11) is -3.84. The summed E-state index contributed by atoms with van der Waals surface area (Å²) in [5.74, 6) is -1.82. The van der Waals surface area contributed by atoms with Crippen molar-refractivity contribution in [1.29, 1.82) is 0 Å². The number of hydrogen-bond acceptors (Lipinski definition) is 3. The number of halogens is 2. The van der Waals surface area contributed by atoms with Crippen LogP contribution in [-0.4, -0.2) is 31.9 Å². The minimum absolute atomic E-state index is 0.181. The van der Waals surface area contributed by atoms with Crippen LogP contribution in [0.2, 0.25) is 0 Å². The summed E-state index contributed by atoms with van der Waals surface area (Å²) in [4.78, 5) is -0.371. The van der Waals surface area contributed by atoms with E-state index in [0.29, 0.717) is 12.5 Å². The van der Waals surface area contributed by atoms with Crippen molar-refractivity contribution in [2.75, 3.05) is 13.1 Å². The van der Waals surface area contributed by atoms with Gasteiger partial charge in [0.15, 0.2) is 0 Å². The average Bonchev–Trinajstić information content (AvgIpc) is 2.64. The third kappa shape index (κ3) is 2.46. The molecule has 7 heteroatoms. The second-order valence-electron chi connectivity index (χ2n) is 4.02. The van der Waals surface area contributed by atoms with E-state index < -0.39 is 21.7 Å². The number of nitrogens with two attached hydrogens (primary N) is 1. The van der Waals surface area contributed by atoms with Gasteiger partial charge in [0, 0.05) is 25.2 Å². The first-order chi connectivity index (χ1) is 7.89. The summed E-state index contributed by atoms with van der Waals surface area (Å²) in [6.45, 7) is 0.460. The van der Waals surface area contributed by atoms with Gasteiger partial charge in [0.1, 0.15) is 11.6 Å². The van der Waals surface area contributed by atoms with Crippen LogP contribution < -0.4 is 5.73 Å². The van der Waals surface area contributed by atoms with Crippen LogP contribution in [0.3, 0.4) is 0 Å². The molecule has 1 aromatic rings. The van der Waals surface area contributed by atoms with Crippen molar-refractivity contribution >= 4 is 10.0 Å². The Bertz CT molecular complexity index is 513. The molecule has 0 bridgehead atoms. The number of benzene rings is 1. The minimum Gasteiger partial charge on any atom is -0.326 e. The molecule has 1 aliphatic heterocycles. The quantitative estimate of drug-likeness (QED) is 0.852. The van der Waals surface area contributed by atoms with Gasteiger partial charge in [-0.1, -0.05) is 0 Å². The fraction of sp³-hybridized carbons (Fsp3) is 0.400. The topological polar surface area (TPSA) is 63.4 Å². The average molecular weight is 262 g/mol. The fourth-order valence-electron chi connectivity index (χ4n) is 1.80. The molecule has 1 atom stereocenters. The molecule has 0 amide bonds. The maximum atomic E-state index is 13.0. The van der Waals surface area contributed by atoms with Crippen LogP contribution in [-0.2, 0) is 10.0 Å². The van der Waals surface area contributed by atoms with Gasteiger partial charge in [-0.2, -0.15) is 4.31 Å². The van der Waals surface area contributed by atoms with Crippen molar-refractivity contribution in [1.82, 2.24) is 4.31 Å². The SMILES string of the molecule is N[C@H]1CCN(S(=O)(=O)c2cc(F)cc(F)c2)C1. The standard InChI is InChI=1S/C10H12F2N2O2S/c11-7-3-8(12)5-10(4-7)17(15,16)14-2-1-9(13)6-14/h3-5,9H,1-2,6,13H2/t9-/m0/s1. The van der Waals surface area contributed by atoms with Gasteiger partial charge in [0.2, 0.25) is 10.0 Å². The van der Waals surface area contributed by atoms with E-state index in [0.717, 1.165) is 16.4 Å². The van der Waals surface area contributed by atoms with E-state index in [1.807, 2.05) is 0 Å². The number of hydrogen-bond donors (Lipinski definition) is 1. The minimum atomic E-state index is -3.84. The lowest BCUT2D eigenvalue weighted by atomic mass is 10.3. The molecule has 94 valence electrons. The Kier molecular flexibility index (Phi) is 3.15. The largest absolute Gasteiger partial charge is 0.326 e. The highest BCUT2D eigenvalue weighted by atomic mass is 32.2. The van der Waals surface area contributed by atoms with E-state index in [1.54, 1.807) is 0 Å². The van der Waals surface area contributed by atoms with Gasteiger partial charge in [0.05, 0.1) is 4.90 Å². The molecule has 0 unspecified atom stereocenters. The zero-order valence-electron chi connectivity index (χ0n) is 8.94. The number of rotatable bonds is 2. The van der Waals surface area contributed by atoms with Gasteiger partial charge in [0.25, 0.3) is 0 Å². The first-order valence-corrected chi connectivity index (χ1v) is 6.55. The molecular formula is C10H12F2N2O2S. The normalized spacial score (nSPS) is 21.9. The summed E-state index contributed by atoms with van der Waals surface area (Å²) in [6.07, 6.45) is 0.553. The molecule has 2 rings (SSSR count). The van der Waals surface area contributed by atoms with Crippen LogP contribution >= 0.6 is 0 Å². The Balaban J connectivity index is 2.38. The van der Waals surface area contributed by atoms with Gasteiger partial charge in [-0.05, 0) is 18.6 Å². The van der Waals surface area contributed by atoms with Gasteiger partial charge in [-0.15, -0.1) is 0 Å². The van der Waals surface area contributed by atoms with Crippen LogP contribution in [0.5, 0.6) is 0 Å². The highest BCUT2D eigenvalue weighted by Crippen LogP contribution is 2.21. The fourth-order valence-corrected chi connectivity index (χ4v) is 3.35. The molecule has 17 heavy (non-hydrogen) atoms. The van der Waals surface area contributed by atoms with Crippen LogP contribution in [0.4, 0.5) is 8.78 Å². The van der Waals surface area contributed by atoms with Crippen molar-refractivity contribution in [2.45, 2.75) is 17.4 Å². The maximum Gasteiger partial charge on any atom is 0.243 e. The third-order valence-electron chi connectivity index (χ3n) is 2.66. The Hall–Kier alpha value is -1.05. The Morgan fingerprint density at radius 1 is 1.24 bits per heavy atom. The highest BCUT2D eigenvalue weighted by Gasteiger charge is 2.31. The second-order valence-corrected chi connectivity index (χ2v) is 5.95. The van der Waals surface area contributed by atoms with Crippen molar-refractivity contribution in [2.24, 2.45) is 5.73 Å². The summed E-state index contributed by atoms with van der Waals surface area (Å²) < 4.78 is 51.1. The molecule has 1 fully saturated rings. The van der Waals surface area contributed by atoms with Crippen molar-refractivity contribution in [3.63, 3.8) is 0 Å². The summed E-state index contributed by atoms with van der Waals surface area (Å²) in [6, 6.07) is 2.03. The predicted molar refractivity (Wildman–Crippen MR) is 57.7 cm³/mol. The number of nitrogens with zero attached hydrogens (tertiary/aromatic N) is 1. The van der Waals surface area contributed by atoms with Gasteiger partial charge in [-0.3, -0.25) is 0 Å². The highest BCUT2D eigenvalue weighted by molar-refractivity contribution is 7.89. The molecule has 1 saturated heterocycles. The van der Waals surface area contributed by atoms with Gasteiger partial charge < -0.3 is 5.73 Å². The van der Waals surface area contributed by atoms with E-state index in [4.69, 9.17) is 5.73 Å². The Morgan fingerprint density at radius 3 is 2.29 bits per heavy atom. The molecule has 0 spiro atoms. The Labute approximate surface area is 98.1 Å². The van der Waals surface area contributed by atoms with Crippen LogP contribution in [0.1, 0.15) is 6.42 Å². The lowest BCUT2D eigenvalue weighted by molar-refractivity contribution is 0.470. The van der Waals surface area contributed by atoms with Crippen molar-refractivity contribution < 1.29 is 17.2 Å². The van der Waals surface area contributed by atoms with Gasteiger partial charge in [-0.25, -0.2) is 17.2 Å². The maximum absolute atomic E-state index is 13.0. The van der Waals surface area contributed by atoms with E-state index in [2.05, 4.69) is 0 Å². The molecular weight excluding hydrogens is 250 g/mol. The Morgan fingerprint density at radius 2 is 1.82 bits per heavy atom. The lowest BCUT2D eigenvalue weighted by Crippen LogP contribution is -2.32. The molecule has 1 aromatic carbocycles. The zero-order valence-corrected chi connectivity index (χ0v) is 9.75. The molecule has 2 N–H and O–H groups in total. The van der Waals surface area contributed by atoms with E-state index in [-0.39, 0.29) is 24.0 Å². The predicted octanol–water partition coefficient (Wildman–Crippen LogP) is 0.686. The van der Waals surface area contributed by atoms with Crippen LogP contribution in [0.15, 0.2) is 23.1 Å².